The van der Waals surface area contributed by atoms with E-state index >= 15 is 0 Å². The summed E-state index contributed by atoms with van der Waals surface area (Å²) in [5.74, 6) is -1.69. The van der Waals surface area contributed by atoms with Gasteiger partial charge in [0.25, 0.3) is 21.6 Å². The summed E-state index contributed by atoms with van der Waals surface area (Å²) in [6.45, 7) is -1.05. The number of sulfonamides is 1. The summed E-state index contributed by atoms with van der Waals surface area (Å²) in [4.78, 5) is 35.4. The summed E-state index contributed by atoms with van der Waals surface area (Å²) in [5.41, 5.74) is -0.498. The molecule has 2 amide bonds. The topological polar surface area (TPSA) is 127 Å². The fraction of sp³-hybridized carbons (Fsp3) is 0.111. The largest absolute Gasteiger partial charge is 0.350 e. The second-order valence-corrected chi connectivity index (χ2v) is 8.91. The third kappa shape index (κ3) is 4.45. The molecule has 2 aromatic rings. The van der Waals surface area contributed by atoms with Crippen LogP contribution in [0.15, 0.2) is 52.9 Å². The highest BCUT2D eigenvalue weighted by atomic mass is 35.5. The predicted octanol–water partition coefficient (Wildman–Crippen LogP) is 2.63. The first kappa shape index (κ1) is 21.8. The number of nitro groups is 1. The number of nitrogens with one attached hydrogen (secondary N) is 1. The van der Waals surface area contributed by atoms with Crippen LogP contribution >= 0.6 is 23.2 Å². The maximum atomic E-state index is 13.0. The Labute approximate surface area is 181 Å². The molecule has 3 rings (SSSR count). The number of carbonyl (C=O) groups is 2. The van der Waals surface area contributed by atoms with Crippen LogP contribution < -0.4 is 5.32 Å². The molecule has 0 radical (unpaired) electrons. The summed E-state index contributed by atoms with van der Waals surface area (Å²) >= 11 is 11.7. The van der Waals surface area contributed by atoms with Gasteiger partial charge in [-0.2, -0.15) is 0 Å². The molecule has 1 heterocycles. The molecular weight excluding hydrogens is 457 g/mol. The molecule has 0 unspecified atom stereocenters. The first-order chi connectivity index (χ1) is 14.1. The van der Waals surface area contributed by atoms with E-state index in [2.05, 4.69) is 5.32 Å². The van der Waals surface area contributed by atoms with Crippen molar-refractivity contribution in [2.24, 2.45) is 0 Å². The zero-order valence-electron chi connectivity index (χ0n) is 15.0. The lowest BCUT2D eigenvalue weighted by Gasteiger charge is -2.20. The van der Waals surface area contributed by atoms with Gasteiger partial charge in [0, 0.05) is 28.2 Å². The molecule has 1 saturated heterocycles. The minimum atomic E-state index is -4.38. The third-order valence-corrected chi connectivity index (χ3v) is 6.41. The lowest BCUT2D eigenvalue weighted by molar-refractivity contribution is -0.385. The Kier molecular flexibility index (Phi) is 6.11. The molecule has 9 nitrogen and oxygen atoms in total. The summed E-state index contributed by atoms with van der Waals surface area (Å²) in [7, 11) is -4.38. The van der Waals surface area contributed by atoms with Gasteiger partial charge < -0.3 is 5.32 Å². The maximum Gasteiger partial charge on any atom is 0.276 e. The number of hydrogen-bond donors (Lipinski definition) is 1. The first-order valence-electron chi connectivity index (χ1n) is 8.33. The molecule has 2 aromatic carbocycles. The van der Waals surface area contributed by atoms with Crippen molar-refractivity contribution in [3.8, 4) is 0 Å². The zero-order chi connectivity index (χ0) is 22.1. The number of amides is 2. The number of carbonyl (C=O) groups excluding carboxylic acids is 2. The molecule has 0 bridgehead atoms. The lowest BCUT2D eigenvalue weighted by Crippen LogP contribution is -2.40. The predicted molar refractivity (Wildman–Crippen MR) is 109 cm³/mol. The van der Waals surface area contributed by atoms with E-state index in [9.17, 15) is 28.1 Å². The molecule has 30 heavy (non-hydrogen) atoms. The normalized spacial score (nSPS) is 16.3. The quantitative estimate of drug-likeness (QED) is 0.416. The molecule has 1 aliphatic heterocycles. The van der Waals surface area contributed by atoms with Crippen molar-refractivity contribution in [3.05, 3.63) is 73.8 Å². The van der Waals surface area contributed by atoms with Gasteiger partial charge in [0.2, 0.25) is 5.91 Å². The van der Waals surface area contributed by atoms with Crippen molar-refractivity contribution in [2.75, 3.05) is 13.1 Å². The van der Waals surface area contributed by atoms with E-state index in [1.54, 1.807) is 0 Å². The number of nitrogens with zero attached hydrogens (tertiary/aromatic N) is 2. The number of nitro benzene ring substituents is 1. The molecular formula is C18H13Cl2N3O6S. The summed E-state index contributed by atoms with van der Waals surface area (Å²) in [5, 5.41) is 14.2. The molecule has 0 aliphatic carbocycles. The molecule has 1 N–H and O–H groups in total. The second-order valence-electron chi connectivity index (χ2n) is 6.18. The van der Waals surface area contributed by atoms with Crippen LogP contribution in [0.25, 0.3) is 6.08 Å². The molecule has 12 heteroatoms. The van der Waals surface area contributed by atoms with E-state index in [4.69, 9.17) is 23.2 Å². The molecule has 0 spiro atoms. The number of hydrogen-bond acceptors (Lipinski definition) is 6. The molecule has 156 valence electrons. The Bertz CT molecular complexity index is 1180. The van der Waals surface area contributed by atoms with Crippen molar-refractivity contribution in [1.82, 2.24) is 9.62 Å². The Balaban J connectivity index is 2.09. The Morgan fingerprint density at radius 1 is 1.07 bits per heavy atom. The lowest BCUT2D eigenvalue weighted by atomic mass is 10.1. The standard InChI is InChI=1S/C18H13Cl2N3O6S/c19-13-1-4-15(5-2-13)30(28,29)22-10-17(24)21-9-12(18(22)25)7-11-8-14(20)3-6-16(11)23(26)27/h1-8H,9-10H2,(H,21,24)/b12-7+. The van der Waals surface area contributed by atoms with Crippen molar-refractivity contribution in [1.29, 1.82) is 0 Å². The SMILES string of the molecule is O=C1CN(S(=O)(=O)c2ccc(Cl)cc2)C(=O)/C(=C/c2cc(Cl)ccc2[N+](=O)[O-])CN1. The maximum absolute atomic E-state index is 13.0. The minimum Gasteiger partial charge on any atom is -0.350 e. The molecule has 0 aromatic heterocycles. The van der Waals surface area contributed by atoms with Gasteiger partial charge in [0.1, 0.15) is 6.54 Å². The van der Waals surface area contributed by atoms with Gasteiger partial charge in [-0.3, -0.25) is 19.7 Å². The Morgan fingerprint density at radius 3 is 2.33 bits per heavy atom. The third-order valence-electron chi connectivity index (χ3n) is 4.18. The van der Waals surface area contributed by atoms with Crippen LogP contribution in [0.5, 0.6) is 0 Å². The number of benzene rings is 2. The van der Waals surface area contributed by atoms with Gasteiger partial charge in [-0.1, -0.05) is 23.2 Å². The van der Waals surface area contributed by atoms with E-state index in [-0.39, 0.29) is 33.3 Å². The fourth-order valence-electron chi connectivity index (χ4n) is 2.72. The Hall–Kier alpha value is -2.95. The van der Waals surface area contributed by atoms with E-state index in [0.29, 0.717) is 9.33 Å². The van der Waals surface area contributed by atoms with Crippen LogP contribution in [-0.4, -0.2) is 42.6 Å². The van der Waals surface area contributed by atoms with Gasteiger partial charge in [0.15, 0.2) is 0 Å². The van der Waals surface area contributed by atoms with E-state index in [1.807, 2.05) is 0 Å². The van der Waals surface area contributed by atoms with E-state index < -0.39 is 33.3 Å². The molecule has 1 fully saturated rings. The summed E-state index contributed by atoms with van der Waals surface area (Å²) in [6.07, 6.45) is 1.14. The molecule has 1 aliphatic rings. The van der Waals surface area contributed by atoms with Crippen LogP contribution in [-0.2, 0) is 19.6 Å². The highest BCUT2D eigenvalue weighted by Crippen LogP contribution is 2.27. The average molecular weight is 470 g/mol. The van der Waals surface area contributed by atoms with E-state index in [1.165, 1.54) is 36.4 Å². The van der Waals surface area contributed by atoms with Gasteiger partial charge in [0.05, 0.1) is 15.4 Å². The Morgan fingerprint density at radius 2 is 1.70 bits per heavy atom. The molecule has 0 atom stereocenters. The summed E-state index contributed by atoms with van der Waals surface area (Å²) in [6, 6.07) is 8.83. The number of rotatable bonds is 4. The van der Waals surface area contributed by atoms with E-state index in [0.717, 1.165) is 12.1 Å². The van der Waals surface area contributed by atoms with Crippen molar-refractivity contribution in [2.45, 2.75) is 4.90 Å². The van der Waals surface area contributed by atoms with Crippen molar-refractivity contribution in [3.63, 3.8) is 0 Å². The van der Waals surface area contributed by atoms with Crippen LogP contribution in [0.4, 0.5) is 5.69 Å². The van der Waals surface area contributed by atoms with Gasteiger partial charge in [-0.05, 0) is 42.5 Å². The fourth-order valence-corrected chi connectivity index (χ4v) is 4.39. The van der Waals surface area contributed by atoms with Crippen molar-refractivity contribution >= 4 is 56.8 Å². The van der Waals surface area contributed by atoms with Gasteiger partial charge in [-0.15, -0.1) is 0 Å². The van der Waals surface area contributed by atoms with Crippen LogP contribution in [0, 0.1) is 10.1 Å². The molecule has 0 saturated carbocycles. The van der Waals surface area contributed by atoms with Crippen molar-refractivity contribution < 1.29 is 22.9 Å². The van der Waals surface area contributed by atoms with Gasteiger partial charge in [-0.25, -0.2) is 12.7 Å². The monoisotopic (exact) mass is 469 g/mol. The minimum absolute atomic E-state index is 0.00385. The number of halogens is 2. The highest BCUT2D eigenvalue weighted by molar-refractivity contribution is 7.89. The van der Waals surface area contributed by atoms with Gasteiger partial charge >= 0.3 is 0 Å². The second kappa shape index (κ2) is 8.42. The summed E-state index contributed by atoms with van der Waals surface area (Å²) < 4.78 is 26.3. The smallest absolute Gasteiger partial charge is 0.276 e. The van der Waals surface area contributed by atoms with Crippen LogP contribution in [0.3, 0.4) is 0 Å². The zero-order valence-corrected chi connectivity index (χ0v) is 17.4. The average Bonchev–Trinajstić information content (AvgIpc) is 2.82. The highest BCUT2D eigenvalue weighted by Gasteiger charge is 2.35. The van der Waals surface area contributed by atoms with Crippen LogP contribution in [0.2, 0.25) is 10.0 Å². The first-order valence-corrected chi connectivity index (χ1v) is 10.5. The van der Waals surface area contributed by atoms with Crippen LogP contribution in [0.1, 0.15) is 5.56 Å².